The molecule has 0 aromatic heterocycles. The molecule has 0 bridgehead atoms. The third-order valence-electron chi connectivity index (χ3n) is 2.88. The minimum absolute atomic E-state index is 0.0787. The standard InChI is InChI=1S/C11H20N2O3S/c1-3-4-12-10(14)8(2)13-5-6-17-7-9(13)11(15)16/h8-9H,3-7H2,1-2H3,(H,12,14)(H,15,16). The van der Waals surface area contributed by atoms with Gasteiger partial charge in [-0.15, -0.1) is 0 Å². The van der Waals surface area contributed by atoms with E-state index in [9.17, 15) is 9.59 Å². The molecule has 0 aliphatic carbocycles. The first-order valence-corrected chi connectivity index (χ1v) is 7.07. The summed E-state index contributed by atoms with van der Waals surface area (Å²) in [5.41, 5.74) is 0. The Kier molecular flexibility index (Phi) is 5.77. The Bertz CT molecular complexity index is 286. The summed E-state index contributed by atoms with van der Waals surface area (Å²) < 4.78 is 0. The summed E-state index contributed by atoms with van der Waals surface area (Å²) >= 11 is 1.63. The molecule has 0 aromatic carbocycles. The first-order chi connectivity index (χ1) is 8.07. The van der Waals surface area contributed by atoms with Gasteiger partial charge in [0.15, 0.2) is 0 Å². The van der Waals surface area contributed by atoms with Crippen LogP contribution in [0.25, 0.3) is 0 Å². The Labute approximate surface area is 106 Å². The van der Waals surface area contributed by atoms with Crippen LogP contribution in [0.2, 0.25) is 0 Å². The predicted octanol–water partition coefficient (Wildman–Crippen LogP) is 0.403. The lowest BCUT2D eigenvalue weighted by atomic mass is 10.2. The number of carboxylic acids is 1. The molecule has 0 aromatic rings. The molecule has 1 aliphatic rings. The number of hydrogen-bond donors (Lipinski definition) is 2. The highest BCUT2D eigenvalue weighted by atomic mass is 32.2. The summed E-state index contributed by atoms with van der Waals surface area (Å²) in [6, 6.07) is -0.917. The van der Waals surface area contributed by atoms with E-state index in [1.807, 2.05) is 6.92 Å². The van der Waals surface area contributed by atoms with Crippen LogP contribution in [0.4, 0.5) is 0 Å². The van der Waals surface area contributed by atoms with Gasteiger partial charge in [-0.3, -0.25) is 14.5 Å². The van der Waals surface area contributed by atoms with Crippen LogP contribution in [0.15, 0.2) is 0 Å². The van der Waals surface area contributed by atoms with E-state index in [1.165, 1.54) is 0 Å². The normalized spacial score (nSPS) is 23.1. The van der Waals surface area contributed by atoms with Gasteiger partial charge in [0.05, 0.1) is 6.04 Å². The van der Waals surface area contributed by atoms with E-state index < -0.39 is 12.0 Å². The SMILES string of the molecule is CCCNC(=O)C(C)N1CCSCC1C(=O)O. The van der Waals surface area contributed by atoms with Crippen LogP contribution in [-0.4, -0.2) is 58.6 Å². The van der Waals surface area contributed by atoms with Crippen molar-refractivity contribution in [3.63, 3.8) is 0 Å². The molecule has 1 heterocycles. The molecule has 1 amide bonds. The zero-order valence-corrected chi connectivity index (χ0v) is 11.1. The van der Waals surface area contributed by atoms with Crippen molar-refractivity contribution in [3.8, 4) is 0 Å². The van der Waals surface area contributed by atoms with E-state index in [2.05, 4.69) is 5.32 Å². The first-order valence-electron chi connectivity index (χ1n) is 5.92. The van der Waals surface area contributed by atoms with Gasteiger partial charge in [0.2, 0.25) is 5.91 Å². The average molecular weight is 260 g/mol. The van der Waals surface area contributed by atoms with Gasteiger partial charge in [-0.2, -0.15) is 11.8 Å². The van der Waals surface area contributed by atoms with Crippen molar-refractivity contribution in [2.45, 2.75) is 32.4 Å². The van der Waals surface area contributed by atoms with Gasteiger partial charge in [-0.1, -0.05) is 6.92 Å². The Morgan fingerprint density at radius 3 is 2.88 bits per heavy atom. The molecule has 0 saturated carbocycles. The van der Waals surface area contributed by atoms with Crippen molar-refractivity contribution >= 4 is 23.6 Å². The number of hydrogen-bond acceptors (Lipinski definition) is 4. The Morgan fingerprint density at radius 1 is 1.59 bits per heavy atom. The third-order valence-corrected chi connectivity index (χ3v) is 3.90. The van der Waals surface area contributed by atoms with Gasteiger partial charge in [0.25, 0.3) is 0 Å². The molecule has 2 N–H and O–H groups in total. The topological polar surface area (TPSA) is 69.6 Å². The van der Waals surface area contributed by atoms with Crippen LogP contribution in [0.3, 0.4) is 0 Å². The number of rotatable bonds is 5. The molecular weight excluding hydrogens is 240 g/mol. The van der Waals surface area contributed by atoms with E-state index in [4.69, 9.17) is 5.11 Å². The summed E-state index contributed by atoms with van der Waals surface area (Å²) in [5.74, 6) is 0.521. The summed E-state index contributed by atoms with van der Waals surface area (Å²) in [6.45, 7) is 5.06. The van der Waals surface area contributed by atoms with E-state index >= 15 is 0 Å². The maximum atomic E-state index is 11.8. The first kappa shape index (κ1) is 14.3. The summed E-state index contributed by atoms with van der Waals surface area (Å²) in [7, 11) is 0. The van der Waals surface area contributed by atoms with E-state index in [0.29, 0.717) is 18.8 Å². The minimum atomic E-state index is -0.840. The number of carbonyl (C=O) groups is 2. The average Bonchev–Trinajstić information content (AvgIpc) is 2.34. The molecule has 17 heavy (non-hydrogen) atoms. The smallest absolute Gasteiger partial charge is 0.321 e. The van der Waals surface area contributed by atoms with Gasteiger partial charge in [0, 0.05) is 24.6 Å². The molecule has 1 saturated heterocycles. The number of aliphatic carboxylic acids is 1. The molecule has 1 aliphatic heterocycles. The van der Waals surface area contributed by atoms with Gasteiger partial charge in [-0.05, 0) is 13.3 Å². The second-order valence-corrected chi connectivity index (χ2v) is 5.28. The predicted molar refractivity (Wildman–Crippen MR) is 68.2 cm³/mol. The zero-order valence-electron chi connectivity index (χ0n) is 10.3. The van der Waals surface area contributed by atoms with Crippen LogP contribution in [0, 0.1) is 0 Å². The number of carbonyl (C=O) groups excluding carboxylic acids is 1. The van der Waals surface area contributed by atoms with E-state index in [1.54, 1.807) is 23.6 Å². The molecule has 2 unspecified atom stereocenters. The lowest BCUT2D eigenvalue weighted by Gasteiger charge is -2.36. The Hall–Kier alpha value is -0.750. The largest absolute Gasteiger partial charge is 0.480 e. The summed E-state index contributed by atoms with van der Waals surface area (Å²) in [6.07, 6.45) is 0.886. The van der Waals surface area contributed by atoms with Crippen LogP contribution >= 0.6 is 11.8 Å². The Balaban J connectivity index is 2.61. The lowest BCUT2D eigenvalue weighted by Crippen LogP contribution is -2.56. The van der Waals surface area contributed by atoms with Crippen molar-refractivity contribution in [1.82, 2.24) is 10.2 Å². The quantitative estimate of drug-likeness (QED) is 0.749. The van der Waals surface area contributed by atoms with Crippen LogP contribution < -0.4 is 5.32 Å². The van der Waals surface area contributed by atoms with Crippen molar-refractivity contribution < 1.29 is 14.7 Å². The molecule has 1 fully saturated rings. The van der Waals surface area contributed by atoms with Gasteiger partial charge in [0.1, 0.15) is 6.04 Å². The number of carboxylic acid groups (broad SMARTS) is 1. The van der Waals surface area contributed by atoms with Gasteiger partial charge >= 0.3 is 5.97 Å². The summed E-state index contributed by atoms with van der Waals surface area (Å²) in [4.78, 5) is 24.7. The number of nitrogens with zero attached hydrogens (tertiary/aromatic N) is 1. The molecule has 5 nitrogen and oxygen atoms in total. The van der Waals surface area contributed by atoms with Gasteiger partial charge < -0.3 is 10.4 Å². The lowest BCUT2D eigenvalue weighted by molar-refractivity contribution is -0.144. The second kappa shape index (κ2) is 6.86. The fourth-order valence-electron chi connectivity index (χ4n) is 1.84. The third kappa shape index (κ3) is 3.89. The maximum Gasteiger partial charge on any atom is 0.321 e. The second-order valence-electron chi connectivity index (χ2n) is 4.13. The van der Waals surface area contributed by atoms with Gasteiger partial charge in [-0.25, -0.2) is 0 Å². The highest BCUT2D eigenvalue weighted by molar-refractivity contribution is 7.99. The molecular formula is C11H20N2O3S. The molecule has 98 valence electrons. The van der Waals surface area contributed by atoms with Crippen LogP contribution in [-0.2, 0) is 9.59 Å². The number of nitrogens with one attached hydrogen (secondary N) is 1. The molecule has 0 spiro atoms. The van der Waals surface area contributed by atoms with Crippen LogP contribution in [0.5, 0.6) is 0 Å². The molecule has 0 radical (unpaired) electrons. The van der Waals surface area contributed by atoms with Crippen molar-refractivity contribution in [1.29, 1.82) is 0 Å². The molecule has 6 heteroatoms. The summed E-state index contributed by atoms with van der Waals surface area (Å²) in [5, 5.41) is 11.9. The van der Waals surface area contributed by atoms with E-state index in [0.717, 1.165) is 12.2 Å². The molecule has 1 rings (SSSR count). The highest BCUT2D eigenvalue weighted by Crippen LogP contribution is 2.19. The monoisotopic (exact) mass is 260 g/mol. The number of thioether (sulfide) groups is 1. The van der Waals surface area contributed by atoms with Crippen LogP contribution in [0.1, 0.15) is 20.3 Å². The molecule has 2 atom stereocenters. The minimum Gasteiger partial charge on any atom is -0.480 e. The van der Waals surface area contributed by atoms with Crippen molar-refractivity contribution in [2.24, 2.45) is 0 Å². The van der Waals surface area contributed by atoms with E-state index in [-0.39, 0.29) is 11.9 Å². The number of amides is 1. The fourth-order valence-corrected chi connectivity index (χ4v) is 2.90. The van der Waals surface area contributed by atoms with Crippen molar-refractivity contribution in [2.75, 3.05) is 24.6 Å². The fraction of sp³-hybridized carbons (Fsp3) is 0.818. The maximum absolute atomic E-state index is 11.8. The highest BCUT2D eigenvalue weighted by Gasteiger charge is 2.34. The Morgan fingerprint density at radius 2 is 2.29 bits per heavy atom. The van der Waals surface area contributed by atoms with Crippen molar-refractivity contribution in [3.05, 3.63) is 0 Å². The zero-order chi connectivity index (χ0) is 12.8.